The van der Waals surface area contributed by atoms with E-state index in [9.17, 15) is 0 Å². The van der Waals surface area contributed by atoms with E-state index in [1.165, 1.54) is 54.2 Å². The Labute approximate surface area is 363 Å². The molecule has 0 radical (unpaired) electrons. The average Bonchev–Trinajstić information content (AvgIpc) is 3.89. The number of aromatic nitrogens is 2. The number of nitrogens with zero attached hydrogens (tertiary/aromatic N) is 2. The minimum Gasteiger partial charge on any atom is -0.456 e. The van der Waals surface area contributed by atoms with Crippen molar-refractivity contribution < 1.29 is 4.42 Å². The summed E-state index contributed by atoms with van der Waals surface area (Å²) in [5.74, 6) is 0. The number of furan rings is 1. The first-order valence-corrected chi connectivity index (χ1v) is 21.6. The Balaban J connectivity index is 1.03. The van der Waals surface area contributed by atoms with Crippen molar-refractivity contribution in [3.63, 3.8) is 0 Å². The predicted molar refractivity (Wildman–Crippen MR) is 266 cm³/mol. The lowest BCUT2D eigenvalue weighted by Gasteiger charge is -2.14. The van der Waals surface area contributed by atoms with Crippen molar-refractivity contribution in [1.29, 1.82) is 0 Å². The Kier molecular flexibility index (Phi) is 7.91. The van der Waals surface area contributed by atoms with Crippen molar-refractivity contribution in [1.82, 2.24) is 9.13 Å². The van der Waals surface area contributed by atoms with Gasteiger partial charge in [-0.15, -0.1) is 0 Å². The fraction of sp³-hybridized carbons (Fsp3) is 0. The highest BCUT2D eigenvalue weighted by atomic mass is 16.3. The number of rotatable bonds is 4. The van der Waals surface area contributed by atoms with Crippen LogP contribution in [0.2, 0.25) is 0 Å². The molecule has 0 spiro atoms. The molecule has 63 heavy (non-hydrogen) atoms. The summed E-state index contributed by atoms with van der Waals surface area (Å²) in [5.41, 5.74) is 13.2. The van der Waals surface area contributed by atoms with Gasteiger partial charge in [0.1, 0.15) is 11.2 Å². The van der Waals surface area contributed by atoms with Crippen LogP contribution in [-0.4, -0.2) is 9.13 Å². The lowest BCUT2D eigenvalue weighted by molar-refractivity contribution is 0.669. The molecule has 0 N–H and O–H groups in total. The molecule has 0 amide bonds. The minimum atomic E-state index is 0.887. The highest BCUT2D eigenvalue weighted by Gasteiger charge is 2.18. The number of hydrogen-bond donors (Lipinski definition) is 0. The van der Waals surface area contributed by atoms with Gasteiger partial charge >= 0.3 is 0 Å². The van der Waals surface area contributed by atoms with E-state index in [1.54, 1.807) is 0 Å². The van der Waals surface area contributed by atoms with Crippen molar-refractivity contribution in [3.05, 3.63) is 231 Å². The van der Waals surface area contributed by atoms with E-state index >= 15 is 0 Å². The average molecular weight is 803 g/mol. The monoisotopic (exact) mass is 802 g/mol. The standard InChI is InChI=1S/C60H38N2O/c1-2-15-39(16-3-1)41-17-14-18-44(35-41)62-57-34-31-42(36-52(57)53-37-54-51-25-10-13-28-59(51)63-60(54)38-58(53)62)40-29-32-43(33-30-40)61-55-26-11-8-23-49(55)47-21-6-4-19-45(47)46-20-5-7-22-48(46)50-24-9-12-27-56(50)61/h1-38H. The van der Waals surface area contributed by atoms with E-state index in [-0.39, 0.29) is 0 Å². The zero-order valence-electron chi connectivity index (χ0n) is 34.2. The summed E-state index contributed by atoms with van der Waals surface area (Å²) in [6.07, 6.45) is 0. The van der Waals surface area contributed by atoms with E-state index in [4.69, 9.17) is 4.42 Å². The molecule has 10 aromatic carbocycles. The maximum absolute atomic E-state index is 6.48. The van der Waals surface area contributed by atoms with Crippen LogP contribution in [-0.2, 0) is 0 Å². The van der Waals surface area contributed by atoms with E-state index in [0.717, 1.165) is 66.5 Å². The molecular weight excluding hydrogens is 765 g/mol. The first-order valence-electron chi connectivity index (χ1n) is 21.6. The van der Waals surface area contributed by atoms with Crippen molar-refractivity contribution in [2.75, 3.05) is 0 Å². The predicted octanol–water partition coefficient (Wildman–Crippen LogP) is 16.5. The van der Waals surface area contributed by atoms with Crippen LogP contribution in [0.5, 0.6) is 0 Å². The number of para-hydroxylation sites is 3. The van der Waals surface area contributed by atoms with Crippen LogP contribution < -0.4 is 0 Å². The second-order valence-electron chi connectivity index (χ2n) is 16.5. The zero-order chi connectivity index (χ0) is 41.4. The van der Waals surface area contributed by atoms with E-state index < -0.39 is 0 Å². The summed E-state index contributed by atoms with van der Waals surface area (Å²) in [4.78, 5) is 0. The molecule has 3 heteroatoms. The molecule has 0 atom stereocenters. The highest BCUT2D eigenvalue weighted by Crippen LogP contribution is 2.41. The Morgan fingerprint density at radius 2 is 0.698 bits per heavy atom. The fourth-order valence-electron chi connectivity index (χ4n) is 10.1. The molecule has 0 saturated heterocycles. The molecule has 3 aromatic heterocycles. The van der Waals surface area contributed by atoms with Crippen molar-refractivity contribution >= 4 is 87.1 Å². The van der Waals surface area contributed by atoms with Crippen LogP contribution in [0.25, 0.3) is 121 Å². The Bertz CT molecular complexity index is 3910. The second-order valence-corrected chi connectivity index (χ2v) is 16.5. The zero-order valence-corrected chi connectivity index (χ0v) is 34.2. The van der Waals surface area contributed by atoms with E-state index in [1.807, 2.05) is 6.07 Å². The van der Waals surface area contributed by atoms with Crippen LogP contribution in [0, 0.1) is 0 Å². The quantitative estimate of drug-likeness (QED) is 0.174. The van der Waals surface area contributed by atoms with Crippen LogP contribution in [0.3, 0.4) is 0 Å². The molecule has 0 aliphatic carbocycles. The van der Waals surface area contributed by atoms with Crippen LogP contribution in [0.15, 0.2) is 235 Å². The number of benzene rings is 10. The maximum atomic E-state index is 6.48. The normalized spacial score (nSPS) is 11.8. The summed E-state index contributed by atoms with van der Waals surface area (Å²) < 4.78 is 11.3. The van der Waals surface area contributed by atoms with Gasteiger partial charge in [-0.25, -0.2) is 0 Å². The van der Waals surface area contributed by atoms with Crippen LogP contribution in [0.1, 0.15) is 0 Å². The Hall–Kier alpha value is -8.40. The topological polar surface area (TPSA) is 23.0 Å². The molecule has 13 rings (SSSR count). The van der Waals surface area contributed by atoms with Crippen molar-refractivity contribution in [3.8, 4) is 33.6 Å². The van der Waals surface area contributed by atoms with Crippen molar-refractivity contribution in [2.45, 2.75) is 0 Å². The molecule has 3 nitrogen and oxygen atoms in total. The summed E-state index contributed by atoms with van der Waals surface area (Å²) in [7, 11) is 0. The molecule has 294 valence electrons. The first kappa shape index (κ1) is 35.4. The molecule has 3 heterocycles. The summed E-state index contributed by atoms with van der Waals surface area (Å²) >= 11 is 0. The Morgan fingerprint density at radius 1 is 0.222 bits per heavy atom. The fourth-order valence-corrected chi connectivity index (χ4v) is 10.1. The third-order valence-corrected chi connectivity index (χ3v) is 12.9. The van der Waals surface area contributed by atoms with Crippen molar-refractivity contribution in [2.24, 2.45) is 0 Å². The van der Waals surface area contributed by atoms with Gasteiger partial charge in [0, 0.05) is 49.8 Å². The van der Waals surface area contributed by atoms with Gasteiger partial charge in [-0.2, -0.15) is 0 Å². The molecule has 0 aliphatic rings. The van der Waals surface area contributed by atoms with Gasteiger partial charge in [0.15, 0.2) is 0 Å². The Morgan fingerprint density at radius 3 is 1.38 bits per heavy atom. The van der Waals surface area contributed by atoms with E-state index in [0.29, 0.717) is 0 Å². The summed E-state index contributed by atoms with van der Waals surface area (Å²) in [6, 6.07) is 83.7. The van der Waals surface area contributed by atoms with Crippen LogP contribution >= 0.6 is 0 Å². The van der Waals surface area contributed by atoms with Gasteiger partial charge < -0.3 is 13.6 Å². The lowest BCUT2D eigenvalue weighted by atomic mass is 10.0. The third-order valence-electron chi connectivity index (χ3n) is 12.9. The van der Waals surface area contributed by atoms with Gasteiger partial charge in [-0.1, -0.05) is 164 Å². The van der Waals surface area contributed by atoms with Gasteiger partial charge in [-0.3, -0.25) is 0 Å². The van der Waals surface area contributed by atoms with Gasteiger partial charge in [-0.05, 0) is 104 Å². The molecule has 0 saturated carbocycles. The number of fused-ring (bicyclic) bond motifs is 13. The molecule has 0 bridgehead atoms. The summed E-state index contributed by atoms with van der Waals surface area (Å²) in [6.45, 7) is 0. The lowest BCUT2D eigenvalue weighted by Crippen LogP contribution is -1.98. The van der Waals surface area contributed by atoms with Crippen LogP contribution in [0.4, 0.5) is 0 Å². The molecule has 0 aliphatic heterocycles. The third kappa shape index (κ3) is 5.60. The second kappa shape index (κ2) is 14.1. The molecule has 13 aromatic rings. The maximum Gasteiger partial charge on any atom is 0.137 e. The molecule has 0 unspecified atom stereocenters. The summed E-state index contributed by atoms with van der Waals surface area (Å²) in [5, 5.41) is 11.9. The first-order chi connectivity index (χ1) is 31.2. The van der Waals surface area contributed by atoms with Gasteiger partial charge in [0.25, 0.3) is 0 Å². The minimum absolute atomic E-state index is 0.887. The molecule has 0 fully saturated rings. The van der Waals surface area contributed by atoms with E-state index in [2.05, 4.69) is 234 Å². The number of hydrogen-bond acceptors (Lipinski definition) is 1. The smallest absolute Gasteiger partial charge is 0.137 e. The molecular formula is C60H38N2O. The van der Waals surface area contributed by atoms with Gasteiger partial charge in [0.05, 0.1) is 22.1 Å². The van der Waals surface area contributed by atoms with Gasteiger partial charge in [0.2, 0.25) is 0 Å². The highest BCUT2D eigenvalue weighted by molar-refractivity contribution is 6.20. The SMILES string of the molecule is c1ccc(-c2cccc(-n3c4ccc(-c5ccc(-n6c7ccccc7c7ccccc7c7ccccc7c7ccccc76)cc5)cc4c4cc5c(cc43)oc3ccccc35)c2)cc1. The largest absolute Gasteiger partial charge is 0.456 e.